The van der Waals surface area contributed by atoms with Gasteiger partial charge in [0.25, 0.3) is 0 Å². The maximum Gasteiger partial charge on any atom is 0.311 e. The summed E-state index contributed by atoms with van der Waals surface area (Å²) < 4.78 is 11.8. The van der Waals surface area contributed by atoms with Gasteiger partial charge in [-0.05, 0) is 58.7 Å². The fourth-order valence-electron chi connectivity index (χ4n) is 10.1. The van der Waals surface area contributed by atoms with Gasteiger partial charge < -0.3 is 30.3 Å². The van der Waals surface area contributed by atoms with Crippen LogP contribution in [0.1, 0.15) is 141 Å². The van der Waals surface area contributed by atoms with Gasteiger partial charge in [-0.15, -0.1) is 0 Å². The average Bonchev–Trinajstić information content (AvgIpc) is 3.79. The number of benzene rings is 4. The zero-order valence-electron chi connectivity index (χ0n) is 37.2. The van der Waals surface area contributed by atoms with Gasteiger partial charge in [0.1, 0.15) is 11.5 Å². The van der Waals surface area contributed by atoms with Crippen molar-refractivity contribution in [3.05, 3.63) is 83.9 Å². The molecule has 2 amide bonds. The van der Waals surface area contributed by atoms with E-state index in [2.05, 4.69) is 10.6 Å². The van der Waals surface area contributed by atoms with Crippen molar-refractivity contribution in [1.82, 2.24) is 10.6 Å². The number of aliphatic hydroxyl groups is 2. The second kappa shape index (κ2) is 22.5. The topological polar surface area (TPSA) is 151 Å². The fraction of sp³-hybridized carbons (Fsp3) is 0.538. The lowest BCUT2D eigenvalue weighted by Crippen LogP contribution is -2.31. The summed E-state index contributed by atoms with van der Waals surface area (Å²) in [4.78, 5) is 51.4. The molecule has 0 bridgehead atoms. The van der Waals surface area contributed by atoms with Crippen LogP contribution < -0.4 is 20.1 Å². The Morgan fingerprint density at radius 2 is 0.823 bits per heavy atom. The van der Waals surface area contributed by atoms with Crippen molar-refractivity contribution in [2.24, 2.45) is 23.7 Å². The molecule has 0 unspecified atom stereocenters. The van der Waals surface area contributed by atoms with Gasteiger partial charge in [0.05, 0.1) is 25.3 Å². The number of carbonyl (C=O) groups is 4. The molecule has 2 aliphatic rings. The molecule has 0 spiro atoms. The number of esters is 2. The molecule has 2 fully saturated rings. The van der Waals surface area contributed by atoms with Gasteiger partial charge in [0.15, 0.2) is 0 Å². The normalized spacial score (nSPS) is 21.2. The molecule has 2 aliphatic heterocycles. The molecule has 2 saturated heterocycles. The van der Waals surface area contributed by atoms with E-state index in [1.54, 1.807) is 0 Å². The molecular weight excluding hydrogens is 781 g/mol. The Balaban J connectivity index is 0.827. The largest absolute Gasteiger partial charge is 0.426 e. The first-order valence-electron chi connectivity index (χ1n) is 23.3. The van der Waals surface area contributed by atoms with Crippen LogP contribution >= 0.6 is 0 Å². The number of hydrogen-bond acceptors (Lipinski definition) is 8. The Kier molecular flexibility index (Phi) is 17.0. The van der Waals surface area contributed by atoms with E-state index in [1.807, 2.05) is 100 Å². The predicted molar refractivity (Wildman–Crippen MR) is 244 cm³/mol. The molecule has 0 aliphatic carbocycles. The van der Waals surface area contributed by atoms with Gasteiger partial charge in [-0.25, -0.2) is 0 Å². The summed E-state index contributed by atoms with van der Waals surface area (Å²) in [7, 11) is 0. The third kappa shape index (κ3) is 11.2. The predicted octanol–water partition coefficient (Wildman–Crippen LogP) is 9.66. The number of hydrogen-bond donors (Lipinski definition) is 4. The molecule has 0 radical (unpaired) electrons. The van der Waals surface area contributed by atoms with Crippen LogP contribution in [0.3, 0.4) is 0 Å². The molecule has 6 rings (SSSR count). The zero-order chi connectivity index (χ0) is 44.2. The highest BCUT2D eigenvalue weighted by molar-refractivity contribution is 5.96. The van der Waals surface area contributed by atoms with Gasteiger partial charge in [-0.3, -0.25) is 19.2 Å². The van der Waals surface area contributed by atoms with Crippen LogP contribution in [0.2, 0.25) is 0 Å². The van der Waals surface area contributed by atoms with E-state index in [0.717, 1.165) is 84.0 Å². The number of unbranched alkanes of at least 4 members (excludes halogenated alkanes) is 11. The maximum absolute atomic E-state index is 12.9. The van der Waals surface area contributed by atoms with Gasteiger partial charge in [-0.2, -0.15) is 0 Å². The molecule has 4 aromatic rings. The Morgan fingerprint density at radius 1 is 0.500 bits per heavy atom. The number of rotatable bonds is 23. The molecule has 334 valence electrons. The highest BCUT2D eigenvalue weighted by Gasteiger charge is 2.46. The highest BCUT2D eigenvalue weighted by atomic mass is 16.5. The van der Waals surface area contributed by atoms with Crippen molar-refractivity contribution in [2.45, 2.75) is 142 Å². The molecule has 6 atom stereocenters. The van der Waals surface area contributed by atoms with Crippen LogP contribution in [0.25, 0.3) is 21.5 Å². The van der Waals surface area contributed by atoms with Crippen molar-refractivity contribution in [1.29, 1.82) is 0 Å². The molecule has 0 aromatic heterocycles. The van der Waals surface area contributed by atoms with E-state index in [1.165, 1.54) is 25.7 Å². The lowest BCUT2D eigenvalue weighted by molar-refractivity contribution is -0.135. The maximum atomic E-state index is 12.9. The summed E-state index contributed by atoms with van der Waals surface area (Å²) in [6.45, 7) is 7.87. The van der Waals surface area contributed by atoms with E-state index in [9.17, 15) is 29.4 Å². The Bertz CT molecular complexity index is 2000. The van der Waals surface area contributed by atoms with E-state index in [-0.39, 0.29) is 84.6 Å². The zero-order valence-corrected chi connectivity index (χ0v) is 37.2. The lowest BCUT2D eigenvalue weighted by Gasteiger charge is -2.26. The van der Waals surface area contributed by atoms with Crippen LogP contribution in [0, 0.1) is 23.7 Å². The van der Waals surface area contributed by atoms with Crippen LogP contribution in [0.15, 0.2) is 72.8 Å². The van der Waals surface area contributed by atoms with Crippen LogP contribution in [-0.2, 0) is 19.2 Å². The van der Waals surface area contributed by atoms with Gasteiger partial charge in [0.2, 0.25) is 11.8 Å². The molecule has 2 heterocycles. The smallest absolute Gasteiger partial charge is 0.311 e. The summed E-state index contributed by atoms with van der Waals surface area (Å²) in [5, 5.41) is 29.7. The van der Waals surface area contributed by atoms with E-state index >= 15 is 0 Å². The summed E-state index contributed by atoms with van der Waals surface area (Å²) >= 11 is 0. The fourth-order valence-corrected chi connectivity index (χ4v) is 10.1. The van der Waals surface area contributed by atoms with Crippen molar-refractivity contribution in [3.8, 4) is 11.5 Å². The molecule has 10 heteroatoms. The van der Waals surface area contributed by atoms with Crippen molar-refractivity contribution >= 4 is 45.3 Å². The Labute approximate surface area is 367 Å². The quantitative estimate of drug-likeness (QED) is 0.0327. The first kappa shape index (κ1) is 46.7. The minimum atomic E-state index is -0.355. The summed E-state index contributed by atoms with van der Waals surface area (Å²) in [5.74, 6) is -0.0940. The SMILES string of the molecule is CC(C)[C@H]1C(=O)N[C@H](CO)[C@H]1c1ccc(OC(=O)CCCCCCCCCCCCCCC(=O)Oc2ccc([C@H]3[C@@H](C(C)C)C(=O)N[C@@H]3CO)c3ccccc23)c2ccccc12. The van der Waals surface area contributed by atoms with Crippen LogP contribution in [0.4, 0.5) is 0 Å². The van der Waals surface area contributed by atoms with Crippen molar-refractivity contribution in [2.75, 3.05) is 13.2 Å². The molecule has 4 aromatic carbocycles. The first-order chi connectivity index (χ1) is 30.0. The highest BCUT2D eigenvalue weighted by Crippen LogP contribution is 2.44. The monoisotopic (exact) mass is 848 g/mol. The molecular formula is C52H68N2O8. The van der Waals surface area contributed by atoms with E-state index < -0.39 is 0 Å². The number of carbonyl (C=O) groups excluding carboxylic acids is 4. The molecule has 62 heavy (non-hydrogen) atoms. The number of ether oxygens (including phenoxy) is 2. The standard InChI is InChI=1S/C52H68N2O8/c1-33(2)47-49(41(31-55)53-51(47)59)39-27-29-43(37-23-19-17-21-35(37)39)61-45(57)25-15-13-11-9-7-5-6-8-10-12-14-16-26-46(58)62-44-30-28-40(36-22-18-20-24-38(36)44)50-42(32-56)54-52(60)48(50)34(3)4/h17-24,27-30,33-34,41-42,47-50,55-56H,5-16,25-26,31-32H2,1-4H3,(H,53,59)(H,54,60)/t41-,42-,47-,48-,49-,50-/m1/s1. The number of aliphatic hydroxyl groups excluding tert-OH is 2. The van der Waals surface area contributed by atoms with Gasteiger partial charge in [-0.1, -0.05) is 153 Å². The Morgan fingerprint density at radius 3 is 1.15 bits per heavy atom. The average molecular weight is 849 g/mol. The van der Waals surface area contributed by atoms with E-state index in [4.69, 9.17) is 9.47 Å². The second-order valence-electron chi connectivity index (χ2n) is 18.3. The molecule has 0 saturated carbocycles. The first-order valence-corrected chi connectivity index (χ1v) is 23.3. The van der Waals surface area contributed by atoms with Crippen LogP contribution in [0.5, 0.6) is 11.5 Å². The second-order valence-corrected chi connectivity index (χ2v) is 18.3. The third-order valence-electron chi connectivity index (χ3n) is 13.2. The minimum absolute atomic E-state index is 0.0300. The van der Waals surface area contributed by atoms with Crippen molar-refractivity contribution < 1.29 is 38.9 Å². The molecule has 10 nitrogen and oxygen atoms in total. The third-order valence-corrected chi connectivity index (χ3v) is 13.2. The van der Waals surface area contributed by atoms with E-state index in [0.29, 0.717) is 24.3 Å². The Hall–Kier alpha value is -4.80. The van der Waals surface area contributed by atoms with Crippen molar-refractivity contribution in [3.63, 3.8) is 0 Å². The number of fused-ring (bicyclic) bond motifs is 2. The lowest BCUT2D eigenvalue weighted by atomic mass is 9.77. The molecule has 4 N–H and O–H groups in total. The summed E-state index contributed by atoms with van der Waals surface area (Å²) in [6, 6.07) is 22.5. The number of amides is 2. The minimum Gasteiger partial charge on any atom is -0.426 e. The summed E-state index contributed by atoms with van der Waals surface area (Å²) in [6.07, 6.45) is 13.6. The number of nitrogens with one attached hydrogen (secondary N) is 2. The van der Waals surface area contributed by atoms with Gasteiger partial charge in [0, 0.05) is 47.3 Å². The van der Waals surface area contributed by atoms with Crippen LogP contribution in [-0.4, -0.2) is 59.3 Å². The van der Waals surface area contributed by atoms with Gasteiger partial charge >= 0.3 is 11.9 Å². The summed E-state index contributed by atoms with van der Waals surface area (Å²) in [5.41, 5.74) is 1.97.